The summed E-state index contributed by atoms with van der Waals surface area (Å²) in [7, 11) is 0. The SMILES string of the molecule is CC(C)(C)OC(=O)CON=C1CN(c2ncc(Br)cn2)C1. The third kappa shape index (κ3) is 4.96. The van der Waals surface area contributed by atoms with Crippen molar-refractivity contribution in [3.63, 3.8) is 0 Å². The van der Waals surface area contributed by atoms with E-state index in [1.807, 2.05) is 4.90 Å². The number of nitrogens with zero attached hydrogens (tertiary/aromatic N) is 4. The second-order valence-electron chi connectivity index (χ2n) is 5.57. The normalized spacial score (nSPS) is 14.5. The zero-order valence-electron chi connectivity index (χ0n) is 12.2. The van der Waals surface area contributed by atoms with Crippen LogP contribution < -0.4 is 4.90 Å². The van der Waals surface area contributed by atoms with Gasteiger partial charge in [0.2, 0.25) is 12.6 Å². The first-order valence-electron chi connectivity index (χ1n) is 6.45. The molecule has 0 radical (unpaired) electrons. The van der Waals surface area contributed by atoms with Crippen LogP contribution in [0.25, 0.3) is 0 Å². The Labute approximate surface area is 131 Å². The van der Waals surface area contributed by atoms with Crippen LogP contribution in [0.2, 0.25) is 0 Å². The minimum absolute atomic E-state index is 0.185. The third-order valence-corrected chi connectivity index (χ3v) is 2.84. The van der Waals surface area contributed by atoms with Gasteiger partial charge in [-0.05, 0) is 36.7 Å². The van der Waals surface area contributed by atoms with E-state index in [4.69, 9.17) is 9.57 Å². The molecule has 1 saturated heterocycles. The first kappa shape index (κ1) is 15.7. The highest BCUT2D eigenvalue weighted by molar-refractivity contribution is 9.10. The summed E-state index contributed by atoms with van der Waals surface area (Å²) in [4.78, 5) is 26.7. The fraction of sp³-hybridized carbons (Fsp3) is 0.538. The molecular weight excluding hydrogens is 340 g/mol. The number of esters is 1. The molecule has 1 aromatic heterocycles. The predicted octanol–water partition coefficient (Wildman–Crippen LogP) is 1.77. The van der Waals surface area contributed by atoms with E-state index >= 15 is 0 Å². The van der Waals surface area contributed by atoms with Crippen LogP contribution in [0.4, 0.5) is 5.95 Å². The predicted molar refractivity (Wildman–Crippen MR) is 81.2 cm³/mol. The van der Waals surface area contributed by atoms with Crippen molar-refractivity contribution in [2.75, 3.05) is 24.6 Å². The van der Waals surface area contributed by atoms with Gasteiger partial charge in [0.05, 0.1) is 23.3 Å². The summed E-state index contributed by atoms with van der Waals surface area (Å²) in [6.45, 7) is 6.41. The zero-order chi connectivity index (χ0) is 15.5. The van der Waals surface area contributed by atoms with Gasteiger partial charge in [-0.1, -0.05) is 5.16 Å². The molecule has 0 unspecified atom stereocenters. The molecule has 114 valence electrons. The lowest BCUT2D eigenvalue weighted by Crippen LogP contribution is -2.48. The maximum atomic E-state index is 11.4. The molecule has 0 amide bonds. The lowest BCUT2D eigenvalue weighted by atomic mass is 10.2. The molecular formula is C13H17BrN4O3. The van der Waals surface area contributed by atoms with E-state index in [9.17, 15) is 4.79 Å². The van der Waals surface area contributed by atoms with Crippen molar-refractivity contribution in [1.82, 2.24) is 9.97 Å². The second kappa shape index (κ2) is 6.38. The van der Waals surface area contributed by atoms with Gasteiger partial charge in [0.1, 0.15) is 5.60 Å². The highest BCUT2D eigenvalue weighted by Crippen LogP contribution is 2.15. The zero-order valence-corrected chi connectivity index (χ0v) is 13.8. The van der Waals surface area contributed by atoms with Crippen molar-refractivity contribution in [1.29, 1.82) is 0 Å². The molecule has 1 fully saturated rings. The van der Waals surface area contributed by atoms with E-state index in [-0.39, 0.29) is 6.61 Å². The molecule has 8 heteroatoms. The molecule has 21 heavy (non-hydrogen) atoms. The number of oxime groups is 1. The summed E-state index contributed by atoms with van der Waals surface area (Å²) in [6, 6.07) is 0. The molecule has 0 N–H and O–H groups in total. The number of halogens is 1. The van der Waals surface area contributed by atoms with Gasteiger partial charge in [0.15, 0.2) is 0 Å². The van der Waals surface area contributed by atoms with Crippen LogP contribution in [-0.2, 0) is 14.4 Å². The van der Waals surface area contributed by atoms with Crippen molar-refractivity contribution in [3.05, 3.63) is 16.9 Å². The first-order valence-corrected chi connectivity index (χ1v) is 7.25. The molecule has 2 rings (SSSR count). The Hall–Kier alpha value is -1.70. The van der Waals surface area contributed by atoms with E-state index in [2.05, 4.69) is 31.1 Å². The second-order valence-corrected chi connectivity index (χ2v) is 6.49. The number of hydrogen-bond acceptors (Lipinski definition) is 7. The number of aromatic nitrogens is 2. The summed E-state index contributed by atoms with van der Waals surface area (Å²) in [5.41, 5.74) is 0.324. The van der Waals surface area contributed by atoms with Crippen LogP contribution in [0.5, 0.6) is 0 Å². The van der Waals surface area contributed by atoms with Crippen LogP contribution in [0.15, 0.2) is 22.0 Å². The number of rotatable bonds is 4. The summed E-state index contributed by atoms with van der Waals surface area (Å²) in [6.07, 6.45) is 3.38. The number of anilines is 1. The van der Waals surface area contributed by atoms with E-state index in [0.29, 0.717) is 19.0 Å². The highest BCUT2D eigenvalue weighted by atomic mass is 79.9. The first-order chi connectivity index (χ1) is 9.83. The molecule has 1 aliphatic heterocycles. The van der Waals surface area contributed by atoms with Gasteiger partial charge in [-0.2, -0.15) is 0 Å². The van der Waals surface area contributed by atoms with Gasteiger partial charge >= 0.3 is 5.97 Å². The standard InChI is InChI=1S/C13H17BrN4O3/c1-13(2,3)21-11(19)8-20-17-10-6-18(7-10)12-15-4-9(14)5-16-12/h4-5H,6-8H2,1-3H3. The fourth-order valence-corrected chi connectivity index (χ4v) is 1.81. The quantitative estimate of drug-likeness (QED) is 0.604. The minimum Gasteiger partial charge on any atom is -0.457 e. The largest absolute Gasteiger partial charge is 0.457 e. The van der Waals surface area contributed by atoms with Gasteiger partial charge in [0, 0.05) is 12.4 Å². The Kier molecular flexibility index (Phi) is 4.76. The Bertz CT molecular complexity index is 531. The van der Waals surface area contributed by atoms with Crippen molar-refractivity contribution in [2.24, 2.45) is 5.16 Å². The van der Waals surface area contributed by atoms with Gasteiger partial charge in [0.25, 0.3) is 0 Å². The molecule has 0 aromatic carbocycles. The van der Waals surface area contributed by atoms with Crippen LogP contribution in [0.3, 0.4) is 0 Å². The number of carbonyl (C=O) groups is 1. The summed E-state index contributed by atoms with van der Waals surface area (Å²) < 4.78 is 5.94. The van der Waals surface area contributed by atoms with Crippen molar-refractivity contribution >= 4 is 33.6 Å². The monoisotopic (exact) mass is 356 g/mol. The van der Waals surface area contributed by atoms with Gasteiger partial charge < -0.3 is 14.5 Å². The number of carbonyl (C=O) groups excluding carboxylic acids is 1. The Morgan fingerprint density at radius 3 is 2.57 bits per heavy atom. The smallest absolute Gasteiger partial charge is 0.347 e. The molecule has 0 bridgehead atoms. The van der Waals surface area contributed by atoms with Gasteiger partial charge in [-0.25, -0.2) is 14.8 Å². The molecule has 2 heterocycles. The molecule has 0 spiro atoms. The summed E-state index contributed by atoms with van der Waals surface area (Å²) >= 11 is 3.28. The van der Waals surface area contributed by atoms with Crippen LogP contribution in [0, 0.1) is 0 Å². The Morgan fingerprint density at radius 2 is 2.00 bits per heavy atom. The molecule has 0 aliphatic carbocycles. The van der Waals surface area contributed by atoms with Gasteiger partial charge in [-0.3, -0.25) is 0 Å². The summed E-state index contributed by atoms with van der Waals surface area (Å²) in [5.74, 6) is 0.212. The van der Waals surface area contributed by atoms with Crippen molar-refractivity contribution in [2.45, 2.75) is 26.4 Å². The fourth-order valence-electron chi connectivity index (χ4n) is 1.61. The van der Waals surface area contributed by atoms with Crippen LogP contribution in [-0.4, -0.2) is 46.9 Å². The molecule has 0 atom stereocenters. The molecule has 1 aliphatic rings. The van der Waals surface area contributed by atoms with Crippen molar-refractivity contribution in [3.8, 4) is 0 Å². The van der Waals surface area contributed by atoms with Crippen LogP contribution in [0.1, 0.15) is 20.8 Å². The molecule has 7 nitrogen and oxygen atoms in total. The van der Waals surface area contributed by atoms with E-state index in [1.165, 1.54) is 0 Å². The van der Waals surface area contributed by atoms with Gasteiger partial charge in [-0.15, -0.1) is 0 Å². The average Bonchev–Trinajstić information content (AvgIpc) is 2.31. The Balaban J connectivity index is 1.72. The molecule has 0 saturated carbocycles. The third-order valence-electron chi connectivity index (χ3n) is 2.43. The average molecular weight is 357 g/mol. The lowest BCUT2D eigenvalue weighted by molar-refractivity contribution is -0.160. The maximum Gasteiger partial charge on any atom is 0.347 e. The minimum atomic E-state index is -0.514. The van der Waals surface area contributed by atoms with E-state index < -0.39 is 11.6 Å². The highest BCUT2D eigenvalue weighted by Gasteiger charge is 2.25. The van der Waals surface area contributed by atoms with Crippen molar-refractivity contribution < 1.29 is 14.4 Å². The topological polar surface area (TPSA) is 76.9 Å². The molecule has 1 aromatic rings. The Morgan fingerprint density at radius 1 is 1.38 bits per heavy atom. The number of hydrogen-bond donors (Lipinski definition) is 0. The van der Waals surface area contributed by atoms with E-state index in [1.54, 1.807) is 33.2 Å². The van der Waals surface area contributed by atoms with E-state index in [0.717, 1.165) is 10.2 Å². The van der Waals surface area contributed by atoms with Crippen LogP contribution >= 0.6 is 15.9 Å². The number of ether oxygens (including phenoxy) is 1. The lowest BCUT2D eigenvalue weighted by Gasteiger charge is -2.31. The maximum absolute atomic E-state index is 11.4. The summed E-state index contributed by atoms with van der Waals surface area (Å²) in [5, 5.41) is 3.90.